The number of amides is 3. The molecule has 11 heteroatoms. The zero-order valence-electron chi connectivity index (χ0n) is 31.5. The fourth-order valence-electron chi connectivity index (χ4n) is 6.17. The van der Waals surface area contributed by atoms with Crippen LogP contribution in [0.4, 0.5) is 4.79 Å². The number of carbonyl (C=O) groups excluding carboxylic acids is 3. The van der Waals surface area contributed by atoms with Crippen molar-refractivity contribution in [2.45, 2.75) is 118 Å². The summed E-state index contributed by atoms with van der Waals surface area (Å²) in [5.41, 5.74) is 4.85. The highest BCUT2D eigenvalue weighted by molar-refractivity contribution is 5.81. The number of rotatable bonds is 18. The van der Waals surface area contributed by atoms with Crippen molar-refractivity contribution in [3.05, 3.63) is 23.8 Å². The Kier molecular flexibility index (Phi) is 15.5. The zero-order valence-corrected chi connectivity index (χ0v) is 31.5. The van der Waals surface area contributed by atoms with Crippen LogP contribution in [0.1, 0.15) is 94.1 Å². The van der Waals surface area contributed by atoms with Crippen LogP contribution in [0.2, 0.25) is 0 Å². The van der Waals surface area contributed by atoms with E-state index in [9.17, 15) is 14.4 Å². The standard InChI is InChI=1S/C37H63N3O8/c1-23(2)27(18-26-14-15-30(45-12)32(19-26)46-17-13-16-44-11)20-29-31(47-37(9,10)40(29)35(43)48-36(6,7)8)21-28(24(3)4)34(42)39-22-25(5)33(38)41/h14-15,19,23-25,27-29,31H,13,16-18,20-22H2,1-12H3,(H2,38,41)(H,39,42)/t25-,27-,28-,29-,31-/m0/s1. The Morgan fingerprint density at radius 1 is 1.00 bits per heavy atom. The Balaban J connectivity index is 2.45. The van der Waals surface area contributed by atoms with Crippen molar-refractivity contribution in [2.24, 2.45) is 35.3 Å². The van der Waals surface area contributed by atoms with Crippen LogP contribution in [0.3, 0.4) is 0 Å². The summed E-state index contributed by atoms with van der Waals surface area (Å²) in [5, 5.41) is 2.92. The van der Waals surface area contributed by atoms with E-state index in [2.05, 4.69) is 25.2 Å². The minimum absolute atomic E-state index is 0.0145. The summed E-state index contributed by atoms with van der Waals surface area (Å²) in [4.78, 5) is 40.7. The fraction of sp³-hybridized carbons (Fsp3) is 0.757. The summed E-state index contributed by atoms with van der Waals surface area (Å²) in [6, 6.07) is 5.66. The summed E-state index contributed by atoms with van der Waals surface area (Å²) in [6.07, 6.45) is 1.65. The van der Waals surface area contributed by atoms with E-state index in [-0.39, 0.29) is 36.2 Å². The van der Waals surface area contributed by atoms with Gasteiger partial charge in [0.05, 0.1) is 31.8 Å². The second-order valence-electron chi connectivity index (χ2n) is 15.3. The molecule has 11 nitrogen and oxygen atoms in total. The van der Waals surface area contributed by atoms with E-state index < -0.39 is 41.3 Å². The van der Waals surface area contributed by atoms with Gasteiger partial charge >= 0.3 is 6.09 Å². The van der Waals surface area contributed by atoms with Gasteiger partial charge in [-0.3, -0.25) is 14.5 Å². The van der Waals surface area contributed by atoms with Crippen molar-refractivity contribution in [3.8, 4) is 11.5 Å². The molecule has 2 rings (SSSR count). The quantitative estimate of drug-likeness (QED) is 0.182. The maximum absolute atomic E-state index is 13.9. The van der Waals surface area contributed by atoms with E-state index in [1.54, 1.807) is 26.0 Å². The summed E-state index contributed by atoms with van der Waals surface area (Å²) in [7, 11) is 3.30. The molecule has 0 saturated carbocycles. The molecule has 1 saturated heterocycles. The Bertz CT molecular complexity index is 1200. The molecule has 1 aliphatic rings. The first kappa shape index (κ1) is 41.1. The molecule has 3 amide bonds. The van der Waals surface area contributed by atoms with Crippen LogP contribution in [0, 0.1) is 29.6 Å². The molecule has 0 aromatic heterocycles. The molecule has 3 N–H and O–H groups in total. The molecule has 0 bridgehead atoms. The van der Waals surface area contributed by atoms with Gasteiger partial charge in [-0.1, -0.05) is 40.7 Å². The highest BCUT2D eigenvalue weighted by Crippen LogP contribution is 2.41. The number of carbonyl (C=O) groups is 3. The SMILES string of the molecule is COCCCOc1cc(C[C@@H](C[C@H]2[C@H](C[C@H](C(=O)NC[C@H](C)C(N)=O)C(C)C)OC(C)(C)N2C(=O)OC(C)(C)C)C(C)C)ccc1OC. The topological polar surface area (TPSA) is 139 Å². The van der Waals surface area contributed by atoms with Crippen LogP contribution in [0.15, 0.2) is 18.2 Å². The number of nitrogens with one attached hydrogen (secondary N) is 1. The van der Waals surface area contributed by atoms with E-state index in [1.807, 2.05) is 60.6 Å². The summed E-state index contributed by atoms with van der Waals surface area (Å²) in [5.74, 6) is 0.228. The lowest BCUT2D eigenvalue weighted by atomic mass is 9.80. The molecule has 0 radical (unpaired) electrons. The lowest BCUT2D eigenvalue weighted by Gasteiger charge is -2.37. The first-order chi connectivity index (χ1) is 22.3. The van der Waals surface area contributed by atoms with Gasteiger partial charge in [0.25, 0.3) is 0 Å². The normalized spacial score (nSPS) is 19.6. The first-order valence-electron chi connectivity index (χ1n) is 17.4. The number of hydrogen-bond acceptors (Lipinski definition) is 8. The van der Waals surface area contributed by atoms with Crippen LogP contribution in [0.5, 0.6) is 11.5 Å². The van der Waals surface area contributed by atoms with Gasteiger partial charge in [0.1, 0.15) is 11.3 Å². The van der Waals surface area contributed by atoms with Crippen molar-refractivity contribution >= 4 is 17.9 Å². The minimum atomic E-state index is -0.971. The van der Waals surface area contributed by atoms with E-state index >= 15 is 0 Å². The van der Waals surface area contributed by atoms with Crippen LogP contribution in [0.25, 0.3) is 0 Å². The van der Waals surface area contributed by atoms with Crippen molar-refractivity contribution in [1.82, 2.24) is 10.2 Å². The third-order valence-corrected chi connectivity index (χ3v) is 9.03. The third-order valence-electron chi connectivity index (χ3n) is 9.03. The van der Waals surface area contributed by atoms with Crippen molar-refractivity contribution in [3.63, 3.8) is 0 Å². The van der Waals surface area contributed by atoms with E-state index in [0.29, 0.717) is 37.6 Å². The Hall–Kier alpha value is -3.05. The second kappa shape index (κ2) is 18.1. The number of hydrogen-bond donors (Lipinski definition) is 2. The zero-order chi connectivity index (χ0) is 36.4. The van der Waals surface area contributed by atoms with Crippen LogP contribution < -0.4 is 20.5 Å². The molecule has 1 heterocycles. The summed E-state index contributed by atoms with van der Waals surface area (Å²) >= 11 is 0. The van der Waals surface area contributed by atoms with Gasteiger partial charge in [0, 0.05) is 32.6 Å². The molecule has 1 aromatic carbocycles. The minimum Gasteiger partial charge on any atom is -0.493 e. The molecule has 1 aliphatic heterocycles. The highest BCUT2D eigenvalue weighted by Gasteiger charge is 2.52. The fourth-order valence-corrected chi connectivity index (χ4v) is 6.17. The molecule has 0 aliphatic carbocycles. The molecule has 274 valence electrons. The number of primary amides is 1. The Morgan fingerprint density at radius 2 is 1.67 bits per heavy atom. The molecule has 0 unspecified atom stereocenters. The van der Waals surface area contributed by atoms with Crippen molar-refractivity contribution < 1.29 is 38.1 Å². The molecule has 48 heavy (non-hydrogen) atoms. The van der Waals surface area contributed by atoms with E-state index in [1.165, 1.54) is 0 Å². The average Bonchev–Trinajstić information content (AvgIpc) is 3.23. The largest absolute Gasteiger partial charge is 0.493 e. The summed E-state index contributed by atoms with van der Waals surface area (Å²) < 4.78 is 29.4. The van der Waals surface area contributed by atoms with Gasteiger partial charge in [-0.25, -0.2) is 4.79 Å². The number of methoxy groups -OCH3 is 2. The van der Waals surface area contributed by atoms with Crippen LogP contribution in [-0.4, -0.2) is 80.3 Å². The Morgan fingerprint density at radius 3 is 2.21 bits per heavy atom. The number of nitrogens with zero attached hydrogens (tertiary/aromatic N) is 1. The van der Waals surface area contributed by atoms with E-state index in [0.717, 1.165) is 18.4 Å². The molecular formula is C37H63N3O8. The lowest BCUT2D eigenvalue weighted by Crippen LogP contribution is -2.51. The summed E-state index contributed by atoms with van der Waals surface area (Å²) in [6.45, 7) is 20.7. The van der Waals surface area contributed by atoms with Crippen LogP contribution >= 0.6 is 0 Å². The van der Waals surface area contributed by atoms with Gasteiger partial charge in [-0.05, 0) is 89.3 Å². The predicted octanol–water partition coefficient (Wildman–Crippen LogP) is 5.96. The van der Waals surface area contributed by atoms with Crippen molar-refractivity contribution in [1.29, 1.82) is 0 Å². The molecule has 1 aromatic rings. The number of nitrogens with two attached hydrogens (primary N) is 1. The van der Waals surface area contributed by atoms with E-state index in [4.69, 9.17) is 29.4 Å². The maximum atomic E-state index is 13.9. The molecule has 0 spiro atoms. The highest BCUT2D eigenvalue weighted by atomic mass is 16.6. The molecule has 1 fully saturated rings. The first-order valence-corrected chi connectivity index (χ1v) is 17.4. The second-order valence-corrected chi connectivity index (χ2v) is 15.3. The van der Waals surface area contributed by atoms with Crippen molar-refractivity contribution in [2.75, 3.05) is 34.0 Å². The van der Waals surface area contributed by atoms with Gasteiger partial charge < -0.3 is 34.7 Å². The monoisotopic (exact) mass is 677 g/mol. The van der Waals surface area contributed by atoms with Gasteiger partial charge in [0.2, 0.25) is 11.8 Å². The molecule has 5 atom stereocenters. The molecular weight excluding hydrogens is 614 g/mol. The average molecular weight is 678 g/mol. The predicted molar refractivity (Wildman–Crippen MR) is 187 cm³/mol. The number of ether oxygens (including phenoxy) is 5. The van der Waals surface area contributed by atoms with Gasteiger partial charge in [-0.15, -0.1) is 0 Å². The number of benzene rings is 1. The van der Waals surface area contributed by atoms with Crippen LogP contribution in [-0.2, 0) is 30.2 Å². The smallest absolute Gasteiger partial charge is 0.412 e. The lowest BCUT2D eigenvalue weighted by molar-refractivity contribution is -0.129. The van der Waals surface area contributed by atoms with Gasteiger partial charge in [-0.2, -0.15) is 0 Å². The Labute approximate surface area is 288 Å². The maximum Gasteiger partial charge on any atom is 0.412 e. The third kappa shape index (κ3) is 12.1. The van der Waals surface area contributed by atoms with Gasteiger partial charge in [0.15, 0.2) is 11.5 Å².